The first-order valence-corrected chi connectivity index (χ1v) is 10.7. The van der Waals surface area contributed by atoms with Crippen LogP contribution in [0.1, 0.15) is 28.6 Å². The summed E-state index contributed by atoms with van der Waals surface area (Å²) in [6, 6.07) is 25.3. The van der Waals surface area contributed by atoms with Gasteiger partial charge in [0.25, 0.3) is 0 Å². The average molecular weight is 406 g/mol. The summed E-state index contributed by atoms with van der Waals surface area (Å²) in [5, 5.41) is 8.90. The third-order valence-corrected chi connectivity index (χ3v) is 6.26. The lowest BCUT2D eigenvalue weighted by Crippen LogP contribution is -2.36. The van der Waals surface area contributed by atoms with Gasteiger partial charge < -0.3 is 4.98 Å². The zero-order valence-corrected chi connectivity index (χ0v) is 17.1. The van der Waals surface area contributed by atoms with Crippen molar-refractivity contribution in [2.24, 2.45) is 0 Å². The number of aromatic nitrogens is 4. The van der Waals surface area contributed by atoms with Crippen LogP contribution in [-0.2, 0) is 13.0 Å². The van der Waals surface area contributed by atoms with Gasteiger partial charge in [-0.05, 0) is 35.7 Å². The number of nitrogens with one attached hydrogen (secondary N) is 2. The lowest BCUT2D eigenvalue weighted by Gasteiger charge is -2.35. The number of para-hydroxylation sites is 1. The molecule has 0 saturated heterocycles. The number of hydrogen-bond acceptors (Lipinski definition) is 3. The van der Waals surface area contributed by atoms with Crippen LogP contribution in [0.3, 0.4) is 0 Å². The second-order valence-electron chi connectivity index (χ2n) is 8.08. The molecule has 152 valence electrons. The molecule has 0 fully saturated rings. The van der Waals surface area contributed by atoms with Gasteiger partial charge in [0, 0.05) is 41.4 Å². The number of benzene rings is 2. The van der Waals surface area contributed by atoms with E-state index >= 15 is 0 Å². The van der Waals surface area contributed by atoms with Gasteiger partial charge in [0.1, 0.15) is 0 Å². The number of fused-ring (bicyclic) bond motifs is 3. The van der Waals surface area contributed by atoms with Crippen molar-refractivity contribution in [2.75, 3.05) is 6.54 Å². The molecule has 0 radical (unpaired) electrons. The molecule has 3 aromatic heterocycles. The highest BCUT2D eigenvalue weighted by molar-refractivity contribution is 5.85. The van der Waals surface area contributed by atoms with Crippen LogP contribution in [0.5, 0.6) is 0 Å². The average Bonchev–Trinajstić information content (AvgIpc) is 3.44. The lowest BCUT2D eigenvalue weighted by atomic mass is 9.94. The first-order valence-electron chi connectivity index (χ1n) is 10.7. The minimum atomic E-state index is 0.0795. The fourth-order valence-electron chi connectivity index (χ4n) is 4.84. The molecule has 0 bridgehead atoms. The fourth-order valence-corrected chi connectivity index (χ4v) is 4.84. The van der Waals surface area contributed by atoms with Gasteiger partial charge in [0.2, 0.25) is 0 Å². The van der Waals surface area contributed by atoms with E-state index < -0.39 is 0 Å². The fraction of sp³-hybridized carbons (Fsp3) is 0.154. The summed E-state index contributed by atoms with van der Waals surface area (Å²) in [6.45, 7) is 1.77. The molecule has 0 amide bonds. The summed E-state index contributed by atoms with van der Waals surface area (Å²) < 4.78 is 0. The quantitative estimate of drug-likeness (QED) is 0.437. The number of pyridine rings is 1. The van der Waals surface area contributed by atoms with Crippen molar-refractivity contribution < 1.29 is 0 Å². The summed E-state index contributed by atoms with van der Waals surface area (Å²) in [6.07, 6.45) is 4.86. The molecule has 1 atom stereocenters. The normalized spacial score (nSPS) is 16.5. The SMILES string of the molecule is c1ccc(-c2[nH]ncc2CN2CCc3c([nH]c4ccccc34)C2c2ccccn2)cc1. The van der Waals surface area contributed by atoms with Gasteiger partial charge in [-0.15, -0.1) is 0 Å². The Morgan fingerprint density at radius 3 is 2.65 bits per heavy atom. The van der Waals surface area contributed by atoms with Crippen LogP contribution >= 0.6 is 0 Å². The topological polar surface area (TPSA) is 60.6 Å². The number of rotatable bonds is 4. The maximum atomic E-state index is 4.75. The number of aromatic amines is 2. The van der Waals surface area contributed by atoms with Gasteiger partial charge >= 0.3 is 0 Å². The van der Waals surface area contributed by atoms with Crippen LogP contribution in [0.4, 0.5) is 0 Å². The molecule has 4 heterocycles. The van der Waals surface area contributed by atoms with Gasteiger partial charge in [0.05, 0.1) is 23.6 Å². The number of H-pyrrole nitrogens is 2. The van der Waals surface area contributed by atoms with Gasteiger partial charge in [-0.25, -0.2) is 0 Å². The monoisotopic (exact) mass is 405 g/mol. The van der Waals surface area contributed by atoms with E-state index in [1.807, 2.05) is 24.5 Å². The van der Waals surface area contributed by atoms with Gasteiger partial charge in [-0.3, -0.25) is 15.0 Å². The van der Waals surface area contributed by atoms with E-state index in [-0.39, 0.29) is 6.04 Å². The minimum Gasteiger partial charge on any atom is -0.357 e. The van der Waals surface area contributed by atoms with Gasteiger partial charge in [-0.1, -0.05) is 54.6 Å². The van der Waals surface area contributed by atoms with Gasteiger partial charge in [0.15, 0.2) is 0 Å². The third kappa shape index (κ3) is 3.14. The Kier molecular flexibility index (Phi) is 4.39. The van der Waals surface area contributed by atoms with E-state index in [9.17, 15) is 0 Å². The molecule has 1 unspecified atom stereocenters. The van der Waals surface area contributed by atoms with Crippen molar-refractivity contribution in [3.05, 3.63) is 108 Å². The van der Waals surface area contributed by atoms with E-state index in [0.29, 0.717) is 0 Å². The predicted octanol–water partition coefficient (Wildman–Crippen LogP) is 5.10. The Balaban J connectivity index is 1.43. The first-order chi connectivity index (χ1) is 15.4. The third-order valence-electron chi connectivity index (χ3n) is 6.26. The molecule has 2 N–H and O–H groups in total. The Hall–Kier alpha value is -3.70. The highest BCUT2D eigenvalue weighted by atomic mass is 15.2. The Morgan fingerprint density at radius 1 is 0.935 bits per heavy atom. The molecule has 0 aliphatic carbocycles. The highest BCUT2D eigenvalue weighted by Gasteiger charge is 2.33. The maximum absolute atomic E-state index is 4.75. The van der Waals surface area contributed by atoms with Crippen molar-refractivity contribution in [3.8, 4) is 11.3 Å². The Bertz CT molecular complexity index is 1320. The number of nitrogens with zero attached hydrogens (tertiary/aromatic N) is 3. The molecule has 0 saturated carbocycles. The summed E-state index contributed by atoms with van der Waals surface area (Å²) in [4.78, 5) is 11.0. The zero-order valence-electron chi connectivity index (χ0n) is 17.1. The summed E-state index contributed by atoms with van der Waals surface area (Å²) >= 11 is 0. The molecule has 1 aliphatic rings. The molecule has 5 nitrogen and oxygen atoms in total. The molecule has 5 heteroatoms. The molecular formula is C26H23N5. The highest BCUT2D eigenvalue weighted by Crippen LogP contribution is 2.39. The molecule has 5 aromatic rings. The minimum absolute atomic E-state index is 0.0795. The van der Waals surface area contributed by atoms with Crippen molar-refractivity contribution in [1.29, 1.82) is 0 Å². The first kappa shape index (κ1) is 18.1. The summed E-state index contributed by atoms with van der Waals surface area (Å²) in [5.74, 6) is 0. The van der Waals surface area contributed by atoms with E-state index in [4.69, 9.17) is 4.98 Å². The van der Waals surface area contributed by atoms with Crippen LogP contribution in [-0.4, -0.2) is 31.6 Å². The molecule has 0 spiro atoms. The van der Waals surface area contributed by atoms with E-state index in [0.717, 1.165) is 36.5 Å². The summed E-state index contributed by atoms with van der Waals surface area (Å²) in [7, 11) is 0. The molecule has 6 rings (SSSR count). The molecule has 2 aromatic carbocycles. The second-order valence-corrected chi connectivity index (χ2v) is 8.08. The molecule has 1 aliphatic heterocycles. The van der Waals surface area contributed by atoms with Crippen molar-refractivity contribution in [3.63, 3.8) is 0 Å². The molecule has 31 heavy (non-hydrogen) atoms. The largest absolute Gasteiger partial charge is 0.357 e. The van der Waals surface area contributed by atoms with Crippen LogP contribution in [0.2, 0.25) is 0 Å². The van der Waals surface area contributed by atoms with Crippen LogP contribution in [0.25, 0.3) is 22.2 Å². The van der Waals surface area contributed by atoms with E-state index in [1.54, 1.807) is 0 Å². The van der Waals surface area contributed by atoms with Crippen LogP contribution in [0.15, 0.2) is 85.2 Å². The Labute approximate surface area is 180 Å². The van der Waals surface area contributed by atoms with Crippen molar-refractivity contribution in [2.45, 2.75) is 19.0 Å². The standard InChI is InChI=1S/C26H23N5/c1-2-8-18(9-3-1)24-19(16-28-30-24)17-31-15-13-21-20-10-4-5-11-22(20)29-25(21)26(31)23-12-6-7-14-27-23/h1-12,14,16,26,29H,13,15,17H2,(H,28,30). The smallest absolute Gasteiger partial charge is 0.0933 e. The summed E-state index contributed by atoms with van der Waals surface area (Å²) in [5.41, 5.74) is 8.39. The van der Waals surface area contributed by atoms with Crippen LogP contribution < -0.4 is 0 Å². The van der Waals surface area contributed by atoms with Gasteiger partial charge in [-0.2, -0.15) is 5.10 Å². The maximum Gasteiger partial charge on any atom is 0.0933 e. The zero-order chi connectivity index (χ0) is 20.6. The predicted molar refractivity (Wildman–Crippen MR) is 123 cm³/mol. The number of hydrogen-bond donors (Lipinski definition) is 2. The van der Waals surface area contributed by atoms with Crippen molar-refractivity contribution in [1.82, 2.24) is 25.1 Å². The van der Waals surface area contributed by atoms with E-state index in [1.165, 1.54) is 27.7 Å². The molecular weight excluding hydrogens is 382 g/mol. The van der Waals surface area contributed by atoms with E-state index in [2.05, 4.69) is 80.7 Å². The van der Waals surface area contributed by atoms with Crippen molar-refractivity contribution >= 4 is 10.9 Å². The van der Waals surface area contributed by atoms with Crippen LogP contribution in [0, 0.1) is 0 Å². The lowest BCUT2D eigenvalue weighted by molar-refractivity contribution is 0.199. The second kappa shape index (κ2) is 7.52. The Morgan fingerprint density at radius 2 is 1.77 bits per heavy atom.